The molecule has 5 heteroatoms. The zero-order valence-corrected chi connectivity index (χ0v) is 17.0. The third kappa shape index (κ3) is 4.08. The predicted octanol–water partition coefficient (Wildman–Crippen LogP) is 3.77. The molecule has 0 aromatic heterocycles. The first-order valence-electron chi connectivity index (χ1n) is 9.52. The highest BCUT2D eigenvalue weighted by atomic mass is 32.2. The zero-order chi connectivity index (χ0) is 19.6. The van der Waals surface area contributed by atoms with E-state index < -0.39 is 15.1 Å². The summed E-state index contributed by atoms with van der Waals surface area (Å²) < 4.78 is 24.5. The zero-order valence-electron chi connectivity index (χ0n) is 16.2. The van der Waals surface area contributed by atoms with Crippen LogP contribution in [0.1, 0.15) is 43.9 Å². The molecule has 1 unspecified atom stereocenters. The SMILES string of the molecule is CCC1Cc2ccccc2CN1C(=O)Cc1ccc(S(=O)(=O)C(C)C)cc1. The van der Waals surface area contributed by atoms with Crippen molar-refractivity contribution in [1.29, 1.82) is 0 Å². The smallest absolute Gasteiger partial charge is 0.227 e. The van der Waals surface area contributed by atoms with Gasteiger partial charge in [-0.25, -0.2) is 8.42 Å². The molecule has 1 amide bonds. The van der Waals surface area contributed by atoms with Gasteiger partial charge >= 0.3 is 0 Å². The molecule has 0 spiro atoms. The van der Waals surface area contributed by atoms with E-state index in [1.165, 1.54) is 11.1 Å². The second kappa shape index (κ2) is 7.85. The third-order valence-corrected chi connectivity index (χ3v) is 7.55. The quantitative estimate of drug-likeness (QED) is 0.787. The van der Waals surface area contributed by atoms with E-state index in [1.807, 2.05) is 11.0 Å². The summed E-state index contributed by atoms with van der Waals surface area (Å²) >= 11 is 0. The summed E-state index contributed by atoms with van der Waals surface area (Å²) in [6, 6.07) is 15.3. The van der Waals surface area contributed by atoms with Crippen LogP contribution in [0.5, 0.6) is 0 Å². The Morgan fingerprint density at radius 3 is 2.30 bits per heavy atom. The predicted molar refractivity (Wildman–Crippen MR) is 107 cm³/mol. The van der Waals surface area contributed by atoms with Crippen molar-refractivity contribution in [3.05, 3.63) is 65.2 Å². The van der Waals surface area contributed by atoms with E-state index in [1.54, 1.807) is 38.1 Å². The maximum atomic E-state index is 12.9. The van der Waals surface area contributed by atoms with Gasteiger partial charge in [0.2, 0.25) is 5.91 Å². The van der Waals surface area contributed by atoms with Gasteiger partial charge in [0, 0.05) is 12.6 Å². The van der Waals surface area contributed by atoms with Crippen LogP contribution in [0.4, 0.5) is 0 Å². The van der Waals surface area contributed by atoms with Gasteiger partial charge in [-0.2, -0.15) is 0 Å². The van der Waals surface area contributed by atoms with Crippen molar-refractivity contribution in [1.82, 2.24) is 4.90 Å². The van der Waals surface area contributed by atoms with E-state index in [4.69, 9.17) is 0 Å². The van der Waals surface area contributed by atoms with Crippen LogP contribution in [0.25, 0.3) is 0 Å². The number of carbonyl (C=O) groups is 1. The first-order chi connectivity index (χ1) is 12.8. The van der Waals surface area contributed by atoms with E-state index >= 15 is 0 Å². The van der Waals surface area contributed by atoms with E-state index in [0.29, 0.717) is 17.9 Å². The highest BCUT2D eigenvalue weighted by Crippen LogP contribution is 2.26. The molecule has 1 aliphatic rings. The van der Waals surface area contributed by atoms with E-state index in [0.717, 1.165) is 18.4 Å². The number of hydrogen-bond acceptors (Lipinski definition) is 3. The standard InChI is InChI=1S/C22H27NO3S/c1-4-20-14-18-7-5-6-8-19(18)15-23(20)22(24)13-17-9-11-21(12-10-17)27(25,26)16(2)3/h5-12,16,20H,4,13-15H2,1-3H3. The number of rotatable bonds is 5. The normalized spacial score (nSPS) is 17.0. The highest BCUT2D eigenvalue weighted by molar-refractivity contribution is 7.92. The van der Waals surface area contributed by atoms with Gasteiger partial charge < -0.3 is 4.90 Å². The molecule has 0 saturated carbocycles. The molecular weight excluding hydrogens is 358 g/mol. The van der Waals surface area contributed by atoms with Crippen molar-refractivity contribution in [2.45, 2.75) is 62.8 Å². The van der Waals surface area contributed by atoms with Crippen LogP contribution in [0.3, 0.4) is 0 Å². The fourth-order valence-electron chi connectivity index (χ4n) is 3.59. The van der Waals surface area contributed by atoms with Crippen LogP contribution < -0.4 is 0 Å². The first-order valence-corrected chi connectivity index (χ1v) is 11.1. The molecule has 0 N–H and O–H groups in total. The molecule has 2 aromatic rings. The summed E-state index contributed by atoms with van der Waals surface area (Å²) in [6.07, 6.45) is 2.11. The lowest BCUT2D eigenvalue weighted by atomic mass is 9.92. The van der Waals surface area contributed by atoms with Crippen molar-refractivity contribution in [3.8, 4) is 0 Å². The lowest BCUT2D eigenvalue weighted by Gasteiger charge is -2.36. The Morgan fingerprint density at radius 1 is 1.07 bits per heavy atom. The van der Waals surface area contributed by atoms with Crippen molar-refractivity contribution in [2.75, 3.05) is 0 Å². The molecule has 1 atom stereocenters. The largest absolute Gasteiger partial charge is 0.335 e. The van der Waals surface area contributed by atoms with Gasteiger partial charge in [0.1, 0.15) is 0 Å². The number of nitrogens with zero attached hydrogens (tertiary/aromatic N) is 1. The number of hydrogen-bond donors (Lipinski definition) is 0. The van der Waals surface area contributed by atoms with E-state index in [2.05, 4.69) is 25.1 Å². The van der Waals surface area contributed by atoms with Gasteiger partial charge in [-0.05, 0) is 55.5 Å². The number of amides is 1. The average molecular weight is 386 g/mol. The van der Waals surface area contributed by atoms with Crippen LogP contribution in [-0.4, -0.2) is 30.5 Å². The Hall–Kier alpha value is -2.14. The summed E-state index contributed by atoms with van der Waals surface area (Å²) in [5.74, 6) is 0.0934. The molecule has 0 fully saturated rings. The van der Waals surface area contributed by atoms with Gasteiger partial charge in [-0.3, -0.25) is 4.79 Å². The monoisotopic (exact) mass is 385 g/mol. The fraction of sp³-hybridized carbons (Fsp3) is 0.409. The Kier molecular flexibility index (Phi) is 5.70. The molecule has 144 valence electrons. The second-order valence-electron chi connectivity index (χ2n) is 7.47. The van der Waals surface area contributed by atoms with Crippen LogP contribution in [0, 0.1) is 0 Å². The van der Waals surface area contributed by atoms with Crippen molar-refractivity contribution in [2.24, 2.45) is 0 Å². The van der Waals surface area contributed by atoms with Gasteiger partial charge in [-0.15, -0.1) is 0 Å². The molecule has 1 aliphatic heterocycles. The summed E-state index contributed by atoms with van der Waals surface area (Å²) in [5.41, 5.74) is 3.39. The Balaban J connectivity index is 1.75. The molecule has 1 heterocycles. The molecule has 0 saturated heterocycles. The second-order valence-corrected chi connectivity index (χ2v) is 9.98. The molecule has 3 rings (SSSR count). The third-order valence-electron chi connectivity index (χ3n) is 5.37. The molecule has 0 aliphatic carbocycles. The van der Waals surface area contributed by atoms with Crippen molar-refractivity contribution >= 4 is 15.7 Å². The Bertz CT molecular complexity index is 917. The van der Waals surface area contributed by atoms with Crippen LogP contribution in [0.15, 0.2) is 53.4 Å². The molecule has 0 radical (unpaired) electrons. The molecular formula is C22H27NO3S. The van der Waals surface area contributed by atoms with Crippen molar-refractivity contribution < 1.29 is 13.2 Å². The number of sulfone groups is 1. The lowest BCUT2D eigenvalue weighted by Crippen LogP contribution is -2.44. The fourth-order valence-corrected chi connectivity index (χ4v) is 4.65. The van der Waals surface area contributed by atoms with Gasteiger partial charge in [0.25, 0.3) is 0 Å². The van der Waals surface area contributed by atoms with E-state index in [9.17, 15) is 13.2 Å². The number of carbonyl (C=O) groups excluding carboxylic acids is 1. The highest BCUT2D eigenvalue weighted by Gasteiger charge is 2.28. The maximum Gasteiger partial charge on any atom is 0.227 e. The topological polar surface area (TPSA) is 54.5 Å². The van der Waals surface area contributed by atoms with Gasteiger partial charge in [0.15, 0.2) is 9.84 Å². The molecule has 0 bridgehead atoms. The molecule has 27 heavy (non-hydrogen) atoms. The van der Waals surface area contributed by atoms with Crippen LogP contribution >= 0.6 is 0 Å². The molecule has 2 aromatic carbocycles. The van der Waals surface area contributed by atoms with Gasteiger partial charge in [0.05, 0.1) is 16.6 Å². The minimum atomic E-state index is -3.28. The minimum Gasteiger partial charge on any atom is -0.335 e. The van der Waals surface area contributed by atoms with Crippen molar-refractivity contribution in [3.63, 3.8) is 0 Å². The number of fused-ring (bicyclic) bond motifs is 1. The summed E-state index contributed by atoms with van der Waals surface area (Å²) in [4.78, 5) is 15.2. The summed E-state index contributed by atoms with van der Waals surface area (Å²) in [7, 11) is -3.28. The summed E-state index contributed by atoms with van der Waals surface area (Å²) in [6.45, 7) is 6.11. The Morgan fingerprint density at radius 2 is 1.70 bits per heavy atom. The van der Waals surface area contributed by atoms with Gasteiger partial charge in [-0.1, -0.05) is 43.3 Å². The minimum absolute atomic E-state index is 0.0934. The van der Waals surface area contributed by atoms with Crippen LogP contribution in [-0.2, 0) is 34.0 Å². The average Bonchev–Trinajstić information content (AvgIpc) is 2.67. The van der Waals surface area contributed by atoms with E-state index in [-0.39, 0.29) is 11.9 Å². The first kappa shape index (κ1) is 19.6. The van der Waals surface area contributed by atoms with Crippen LogP contribution in [0.2, 0.25) is 0 Å². The summed E-state index contributed by atoms with van der Waals surface area (Å²) in [5, 5.41) is -0.455. The maximum absolute atomic E-state index is 12.9. The number of benzene rings is 2. The lowest BCUT2D eigenvalue weighted by molar-refractivity contribution is -0.134. The Labute approximate surface area is 162 Å². The molecule has 4 nitrogen and oxygen atoms in total.